The molecule has 0 aliphatic carbocycles. The Morgan fingerprint density at radius 1 is 1.23 bits per heavy atom. The van der Waals surface area contributed by atoms with E-state index in [0.717, 1.165) is 5.56 Å². The highest BCUT2D eigenvalue weighted by molar-refractivity contribution is 5.83. The fourth-order valence-corrected chi connectivity index (χ4v) is 2.17. The summed E-state index contributed by atoms with van der Waals surface area (Å²) in [6, 6.07) is 10.7. The number of rotatable bonds is 6. The van der Waals surface area contributed by atoms with E-state index in [2.05, 4.69) is 25.9 Å². The standard InChI is InChI=1S/C14H15N7O/c22-14(15-8-10-20-9-4-7-17-20)13(21-11-16-18-19-21)12-5-2-1-3-6-12/h1-7,9,11,13H,8,10H2,(H,15,22)/t13-/m0/s1. The first-order valence-corrected chi connectivity index (χ1v) is 6.87. The average molecular weight is 297 g/mol. The molecule has 0 bridgehead atoms. The number of amides is 1. The van der Waals surface area contributed by atoms with Crippen LogP contribution in [0, 0.1) is 0 Å². The van der Waals surface area contributed by atoms with Crippen molar-refractivity contribution < 1.29 is 4.79 Å². The van der Waals surface area contributed by atoms with Crippen molar-refractivity contribution in [3.8, 4) is 0 Å². The molecule has 0 saturated carbocycles. The lowest BCUT2D eigenvalue weighted by Crippen LogP contribution is -2.35. The second-order valence-electron chi connectivity index (χ2n) is 4.66. The van der Waals surface area contributed by atoms with Gasteiger partial charge in [-0.2, -0.15) is 5.10 Å². The van der Waals surface area contributed by atoms with Gasteiger partial charge in [-0.15, -0.1) is 5.10 Å². The zero-order valence-electron chi connectivity index (χ0n) is 11.8. The van der Waals surface area contributed by atoms with Crippen LogP contribution in [0.2, 0.25) is 0 Å². The summed E-state index contributed by atoms with van der Waals surface area (Å²) in [5.74, 6) is -0.161. The van der Waals surface area contributed by atoms with E-state index >= 15 is 0 Å². The van der Waals surface area contributed by atoms with Crippen LogP contribution in [0.15, 0.2) is 55.1 Å². The van der Waals surface area contributed by atoms with Crippen LogP contribution in [0.1, 0.15) is 11.6 Å². The van der Waals surface area contributed by atoms with Gasteiger partial charge in [-0.05, 0) is 22.1 Å². The quantitative estimate of drug-likeness (QED) is 0.705. The first-order chi connectivity index (χ1) is 10.8. The topological polar surface area (TPSA) is 90.5 Å². The van der Waals surface area contributed by atoms with Crippen LogP contribution in [-0.4, -0.2) is 42.4 Å². The zero-order valence-corrected chi connectivity index (χ0v) is 11.8. The van der Waals surface area contributed by atoms with E-state index in [1.807, 2.05) is 42.6 Å². The van der Waals surface area contributed by atoms with E-state index in [4.69, 9.17) is 0 Å². The maximum absolute atomic E-state index is 12.5. The number of hydrogen-bond acceptors (Lipinski definition) is 5. The summed E-state index contributed by atoms with van der Waals surface area (Å²) in [7, 11) is 0. The number of hydrogen-bond donors (Lipinski definition) is 1. The van der Waals surface area contributed by atoms with Gasteiger partial charge in [0.15, 0.2) is 6.04 Å². The number of carbonyl (C=O) groups excluding carboxylic acids is 1. The van der Waals surface area contributed by atoms with Gasteiger partial charge in [0.1, 0.15) is 6.33 Å². The van der Waals surface area contributed by atoms with Gasteiger partial charge in [-0.25, -0.2) is 4.68 Å². The summed E-state index contributed by atoms with van der Waals surface area (Å²) in [5.41, 5.74) is 0.825. The Labute approximate surface area is 126 Å². The monoisotopic (exact) mass is 297 g/mol. The summed E-state index contributed by atoms with van der Waals surface area (Å²) < 4.78 is 3.20. The SMILES string of the molecule is O=C(NCCn1cccn1)[C@H](c1ccccc1)n1cnnn1. The van der Waals surface area contributed by atoms with Crippen LogP contribution in [0.5, 0.6) is 0 Å². The lowest BCUT2D eigenvalue weighted by Gasteiger charge is -2.16. The van der Waals surface area contributed by atoms with Gasteiger partial charge in [-0.1, -0.05) is 30.3 Å². The van der Waals surface area contributed by atoms with Crippen molar-refractivity contribution in [1.29, 1.82) is 0 Å². The third-order valence-electron chi connectivity index (χ3n) is 3.19. The van der Waals surface area contributed by atoms with Gasteiger partial charge in [0, 0.05) is 18.9 Å². The van der Waals surface area contributed by atoms with E-state index in [1.165, 1.54) is 11.0 Å². The molecule has 1 aromatic carbocycles. The largest absolute Gasteiger partial charge is 0.352 e. The summed E-state index contributed by atoms with van der Waals surface area (Å²) in [4.78, 5) is 12.5. The number of benzene rings is 1. The predicted molar refractivity (Wildman–Crippen MR) is 77.6 cm³/mol. The Morgan fingerprint density at radius 3 is 2.77 bits per heavy atom. The minimum Gasteiger partial charge on any atom is -0.352 e. The number of nitrogens with zero attached hydrogens (tertiary/aromatic N) is 6. The molecule has 3 aromatic rings. The molecule has 1 N–H and O–H groups in total. The van der Waals surface area contributed by atoms with E-state index in [-0.39, 0.29) is 5.91 Å². The molecule has 0 radical (unpaired) electrons. The van der Waals surface area contributed by atoms with E-state index in [0.29, 0.717) is 13.1 Å². The minimum atomic E-state index is -0.589. The Morgan fingerprint density at radius 2 is 2.09 bits per heavy atom. The molecule has 22 heavy (non-hydrogen) atoms. The van der Waals surface area contributed by atoms with Crippen LogP contribution in [0.4, 0.5) is 0 Å². The van der Waals surface area contributed by atoms with Crippen molar-refractivity contribution in [3.05, 3.63) is 60.7 Å². The first-order valence-electron chi connectivity index (χ1n) is 6.87. The minimum absolute atomic E-state index is 0.161. The third kappa shape index (κ3) is 3.17. The molecule has 112 valence electrons. The molecule has 0 aliphatic heterocycles. The molecule has 1 amide bonds. The average Bonchev–Trinajstić information content (AvgIpc) is 3.22. The van der Waals surface area contributed by atoms with E-state index in [1.54, 1.807) is 10.9 Å². The molecule has 2 heterocycles. The van der Waals surface area contributed by atoms with Crippen molar-refractivity contribution >= 4 is 5.91 Å². The number of aromatic nitrogens is 6. The Kier molecular flexibility index (Phi) is 4.19. The van der Waals surface area contributed by atoms with Gasteiger partial charge < -0.3 is 5.32 Å². The first kappa shape index (κ1) is 13.9. The summed E-state index contributed by atoms with van der Waals surface area (Å²) >= 11 is 0. The molecule has 1 atom stereocenters. The Balaban J connectivity index is 1.70. The van der Waals surface area contributed by atoms with Crippen LogP contribution in [0.3, 0.4) is 0 Å². The molecule has 8 heteroatoms. The van der Waals surface area contributed by atoms with Crippen molar-refractivity contribution in [2.75, 3.05) is 6.54 Å². The third-order valence-corrected chi connectivity index (χ3v) is 3.19. The maximum Gasteiger partial charge on any atom is 0.249 e. The molecule has 0 fully saturated rings. The summed E-state index contributed by atoms with van der Waals surface area (Å²) in [6.45, 7) is 1.09. The molecule has 3 rings (SSSR count). The van der Waals surface area contributed by atoms with Gasteiger partial charge in [0.25, 0.3) is 0 Å². The van der Waals surface area contributed by atoms with E-state index in [9.17, 15) is 4.79 Å². The number of tetrazole rings is 1. The highest BCUT2D eigenvalue weighted by atomic mass is 16.2. The highest BCUT2D eigenvalue weighted by Crippen LogP contribution is 2.16. The molecular weight excluding hydrogens is 282 g/mol. The van der Waals surface area contributed by atoms with Crippen molar-refractivity contribution in [2.45, 2.75) is 12.6 Å². The van der Waals surface area contributed by atoms with E-state index < -0.39 is 6.04 Å². The second-order valence-corrected chi connectivity index (χ2v) is 4.66. The van der Waals surface area contributed by atoms with Crippen LogP contribution < -0.4 is 5.32 Å². The lowest BCUT2D eigenvalue weighted by molar-refractivity contribution is -0.123. The molecule has 0 saturated heterocycles. The number of carbonyl (C=O) groups is 1. The fraction of sp³-hybridized carbons (Fsp3) is 0.214. The van der Waals surface area contributed by atoms with Crippen LogP contribution in [0.25, 0.3) is 0 Å². The molecule has 2 aromatic heterocycles. The zero-order chi connectivity index (χ0) is 15.2. The van der Waals surface area contributed by atoms with Crippen LogP contribution in [-0.2, 0) is 11.3 Å². The Hall–Kier alpha value is -3.03. The number of nitrogens with one attached hydrogen (secondary N) is 1. The van der Waals surface area contributed by atoms with Crippen molar-refractivity contribution in [2.24, 2.45) is 0 Å². The Bertz CT molecular complexity index is 694. The van der Waals surface area contributed by atoms with Crippen molar-refractivity contribution in [1.82, 2.24) is 35.3 Å². The molecule has 0 aliphatic rings. The van der Waals surface area contributed by atoms with Gasteiger partial charge in [-0.3, -0.25) is 9.48 Å². The lowest BCUT2D eigenvalue weighted by atomic mass is 10.1. The molecule has 0 spiro atoms. The normalized spacial score (nSPS) is 12.0. The summed E-state index contributed by atoms with van der Waals surface area (Å²) in [5, 5.41) is 18.1. The summed E-state index contributed by atoms with van der Waals surface area (Å²) in [6.07, 6.45) is 4.99. The fourth-order valence-electron chi connectivity index (χ4n) is 2.17. The molecular formula is C14H15N7O. The van der Waals surface area contributed by atoms with Crippen LogP contribution >= 0.6 is 0 Å². The smallest absolute Gasteiger partial charge is 0.249 e. The molecule has 0 unspecified atom stereocenters. The van der Waals surface area contributed by atoms with Crippen molar-refractivity contribution in [3.63, 3.8) is 0 Å². The van der Waals surface area contributed by atoms with Gasteiger partial charge in [0.2, 0.25) is 5.91 Å². The van der Waals surface area contributed by atoms with Gasteiger partial charge in [0.05, 0.1) is 6.54 Å². The predicted octanol–water partition coefficient (Wildman–Crippen LogP) is 0.275. The highest BCUT2D eigenvalue weighted by Gasteiger charge is 2.23. The molecule has 8 nitrogen and oxygen atoms in total. The maximum atomic E-state index is 12.5. The second kappa shape index (κ2) is 6.61. The van der Waals surface area contributed by atoms with Gasteiger partial charge >= 0.3 is 0 Å².